The number of hydrogen-bond donors (Lipinski definition) is 5. The minimum absolute atomic E-state index is 0.0394. The fraction of sp³-hybridized carbons (Fsp3) is 0.350. The number of aromatic amines is 1. The van der Waals surface area contributed by atoms with Gasteiger partial charge in [0.1, 0.15) is 10.0 Å². The molecule has 0 fully saturated rings. The third kappa shape index (κ3) is 5.92. The fourth-order valence-electron chi connectivity index (χ4n) is 3.23. The van der Waals surface area contributed by atoms with Gasteiger partial charge < -0.3 is 16.2 Å². The number of H-pyrrole nitrogens is 1. The smallest absolute Gasteiger partial charge is 0.383 e. The van der Waals surface area contributed by atoms with Crippen LogP contribution in [0.2, 0.25) is 0 Å². The number of carbonyl (C=O) groups is 1. The number of aromatic nitrogens is 3. The molecule has 2 heterocycles. The van der Waals surface area contributed by atoms with Crippen LogP contribution in [0.3, 0.4) is 0 Å². The van der Waals surface area contributed by atoms with Crippen molar-refractivity contribution in [1.29, 1.82) is 0 Å². The highest BCUT2D eigenvalue weighted by atomic mass is 32.2. The first kappa shape index (κ1) is 29.3. The normalized spacial score (nSPS) is 15.2. The molecule has 0 aliphatic carbocycles. The first-order valence-electron chi connectivity index (χ1n) is 10.4. The standard InChI is InChI=1S/C20H20F6N6O4S2/c1-9(32-38(35,36)15-6-5-14(37-15)18(34,17(27)33)20(24,25)26)8-28-13-4-3-11(7-12(13)19(21,22)23)16-29-10(2)30-31-16/h3-7,9,28,32,34H,8H2,1-2H3,(H2,27,33)(H,29,30,31)/t9-,18?/m1/s1. The minimum Gasteiger partial charge on any atom is -0.383 e. The highest BCUT2D eigenvalue weighted by Crippen LogP contribution is 2.42. The first-order chi connectivity index (χ1) is 17.4. The Bertz CT molecular complexity index is 1440. The van der Waals surface area contributed by atoms with Crippen molar-refractivity contribution < 1.29 is 44.7 Å². The number of sulfonamides is 1. The second-order valence-corrected chi connectivity index (χ2v) is 11.1. The summed E-state index contributed by atoms with van der Waals surface area (Å²) in [5.74, 6) is -1.71. The Hall–Kier alpha value is -3.22. The zero-order chi connectivity index (χ0) is 28.7. The lowest BCUT2D eigenvalue weighted by Gasteiger charge is -2.25. The predicted octanol–water partition coefficient (Wildman–Crippen LogP) is 2.87. The van der Waals surface area contributed by atoms with E-state index in [1.54, 1.807) is 6.92 Å². The number of aliphatic hydroxyl groups is 1. The van der Waals surface area contributed by atoms with Crippen molar-refractivity contribution in [3.05, 3.63) is 46.6 Å². The van der Waals surface area contributed by atoms with E-state index in [2.05, 4.69) is 25.2 Å². The van der Waals surface area contributed by atoms with Gasteiger partial charge in [-0.25, -0.2) is 18.1 Å². The van der Waals surface area contributed by atoms with Gasteiger partial charge in [0.25, 0.3) is 11.5 Å². The van der Waals surface area contributed by atoms with Crippen LogP contribution in [0.4, 0.5) is 32.0 Å². The van der Waals surface area contributed by atoms with Gasteiger partial charge in [-0.15, -0.1) is 11.3 Å². The van der Waals surface area contributed by atoms with Crippen molar-refractivity contribution in [2.24, 2.45) is 5.73 Å². The van der Waals surface area contributed by atoms with Crippen LogP contribution in [0.5, 0.6) is 0 Å². The zero-order valence-corrected chi connectivity index (χ0v) is 21.0. The number of aryl methyl sites for hydroxylation is 1. The maximum atomic E-state index is 13.7. The monoisotopic (exact) mass is 586 g/mol. The number of benzene rings is 1. The molecule has 18 heteroatoms. The Morgan fingerprint density at radius 3 is 2.37 bits per heavy atom. The Morgan fingerprint density at radius 1 is 1.18 bits per heavy atom. The van der Waals surface area contributed by atoms with E-state index in [1.165, 1.54) is 13.0 Å². The van der Waals surface area contributed by atoms with E-state index >= 15 is 0 Å². The Labute approximate surface area is 215 Å². The third-order valence-corrected chi connectivity index (χ3v) is 8.38. The van der Waals surface area contributed by atoms with Crippen LogP contribution < -0.4 is 15.8 Å². The van der Waals surface area contributed by atoms with Crippen LogP contribution in [0.15, 0.2) is 34.5 Å². The topological polar surface area (TPSA) is 163 Å². The van der Waals surface area contributed by atoms with Crippen LogP contribution in [0.25, 0.3) is 11.4 Å². The van der Waals surface area contributed by atoms with Gasteiger partial charge in [0, 0.05) is 23.8 Å². The molecule has 6 N–H and O–H groups in total. The van der Waals surface area contributed by atoms with Crippen LogP contribution in [-0.4, -0.2) is 53.4 Å². The molecule has 3 aromatic rings. The molecule has 2 aromatic heterocycles. The summed E-state index contributed by atoms with van der Waals surface area (Å²) in [6, 6.07) is 3.55. The largest absolute Gasteiger partial charge is 0.431 e. The number of nitrogens with one attached hydrogen (secondary N) is 3. The van der Waals surface area contributed by atoms with Crippen molar-refractivity contribution in [1.82, 2.24) is 19.9 Å². The van der Waals surface area contributed by atoms with E-state index < -0.39 is 54.6 Å². The number of rotatable bonds is 9. The van der Waals surface area contributed by atoms with Crippen LogP contribution in [-0.2, 0) is 26.6 Å². The molecule has 0 radical (unpaired) electrons. The van der Waals surface area contributed by atoms with E-state index in [0.29, 0.717) is 11.9 Å². The average Bonchev–Trinajstić information content (AvgIpc) is 3.45. The molecule has 0 bridgehead atoms. The molecule has 10 nitrogen and oxygen atoms in total. The van der Waals surface area contributed by atoms with Crippen molar-refractivity contribution in [3.63, 3.8) is 0 Å². The van der Waals surface area contributed by atoms with E-state index in [9.17, 15) is 44.7 Å². The summed E-state index contributed by atoms with van der Waals surface area (Å²) in [5.41, 5.74) is -0.744. The summed E-state index contributed by atoms with van der Waals surface area (Å²) in [5, 5.41) is 18.7. The van der Waals surface area contributed by atoms with Crippen molar-refractivity contribution in [2.45, 2.75) is 42.1 Å². The molecule has 1 unspecified atom stereocenters. The van der Waals surface area contributed by atoms with Crippen LogP contribution in [0.1, 0.15) is 23.2 Å². The minimum atomic E-state index is -5.52. The van der Waals surface area contributed by atoms with Crippen molar-refractivity contribution in [3.8, 4) is 11.4 Å². The maximum absolute atomic E-state index is 13.7. The molecular formula is C20H20F6N6O4S2. The summed E-state index contributed by atoms with van der Waals surface area (Å²) in [7, 11) is -4.50. The van der Waals surface area contributed by atoms with Gasteiger partial charge in [0.05, 0.1) is 10.4 Å². The second-order valence-electron chi connectivity index (χ2n) is 8.10. The molecule has 208 valence electrons. The third-order valence-electron chi connectivity index (χ3n) is 5.11. The lowest BCUT2D eigenvalue weighted by Crippen LogP contribution is -2.52. The number of nitrogens with two attached hydrogens (primary N) is 1. The van der Waals surface area contributed by atoms with Crippen LogP contribution in [0, 0.1) is 6.92 Å². The number of thiophene rings is 1. The number of halogens is 6. The molecule has 0 aliphatic heterocycles. The summed E-state index contributed by atoms with van der Waals surface area (Å²) < 4.78 is 107. The molecular weight excluding hydrogens is 566 g/mol. The molecule has 1 aromatic carbocycles. The Morgan fingerprint density at radius 2 is 1.84 bits per heavy atom. The quantitative estimate of drug-likeness (QED) is 0.241. The summed E-state index contributed by atoms with van der Waals surface area (Å²) in [6.07, 6.45) is -10.3. The molecule has 2 atom stereocenters. The van der Waals surface area contributed by atoms with Crippen molar-refractivity contribution in [2.75, 3.05) is 11.9 Å². The van der Waals surface area contributed by atoms with Crippen molar-refractivity contribution >= 4 is 33.0 Å². The number of alkyl halides is 6. The Balaban J connectivity index is 1.77. The predicted molar refractivity (Wildman–Crippen MR) is 123 cm³/mol. The van der Waals surface area contributed by atoms with E-state index in [0.717, 1.165) is 18.2 Å². The number of anilines is 1. The van der Waals surface area contributed by atoms with Crippen LogP contribution >= 0.6 is 11.3 Å². The van der Waals surface area contributed by atoms with Gasteiger partial charge in [0.15, 0.2) is 5.82 Å². The molecule has 38 heavy (non-hydrogen) atoms. The number of amides is 1. The maximum Gasteiger partial charge on any atom is 0.431 e. The fourth-order valence-corrected chi connectivity index (χ4v) is 5.91. The van der Waals surface area contributed by atoms with Gasteiger partial charge in [-0.1, -0.05) is 0 Å². The molecule has 0 aliphatic rings. The molecule has 3 rings (SSSR count). The summed E-state index contributed by atoms with van der Waals surface area (Å²) >= 11 is -0.0394. The summed E-state index contributed by atoms with van der Waals surface area (Å²) in [6.45, 7) is 2.52. The number of carbonyl (C=O) groups excluding carboxylic acids is 1. The van der Waals surface area contributed by atoms with Gasteiger partial charge in [-0.05, 0) is 44.2 Å². The highest BCUT2D eigenvalue weighted by Gasteiger charge is 2.61. The van der Waals surface area contributed by atoms with Gasteiger partial charge >= 0.3 is 12.4 Å². The number of hydrogen-bond acceptors (Lipinski definition) is 8. The van der Waals surface area contributed by atoms with Gasteiger partial charge in [-0.3, -0.25) is 9.89 Å². The molecule has 0 saturated heterocycles. The lowest BCUT2D eigenvalue weighted by atomic mass is 10.0. The molecule has 1 amide bonds. The highest BCUT2D eigenvalue weighted by molar-refractivity contribution is 7.91. The Kier molecular flexibility index (Phi) is 7.84. The van der Waals surface area contributed by atoms with Gasteiger partial charge in [0.2, 0.25) is 10.0 Å². The number of primary amides is 1. The average molecular weight is 587 g/mol. The van der Waals surface area contributed by atoms with E-state index in [4.69, 9.17) is 5.73 Å². The van der Waals surface area contributed by atoms with E-state index in [-0.39, 0.29) is 35.0 Å². The van der Waals surface area contributed by atoms with Gasteiger partial charge in [-0.2, -0.15) is 31.4 Å². The SMILES string of the molecule is Cc1nc(-c2ccc(NC[C@@H](C)NS(=O)(=O)c3ccc(C(O)(C(N)=O)C(F)(F)F)s3)c(C(F)(F)F)c2)n[nH]1. The molecule has 0 spiro atoms. The summed E-state index contributed by atoms with van der Waals surface area (Å²) in [4.78, 5) is 14.2. The van der Waals surface area contributed by atoms with E-state index in [1.807, 2.05) is 0 Å². The lowest BCUT2D eigenvalue weighted by molar-refractivity contribution is -0.254. The number of nitrogens with zero attached hydrogens (tertiary/aromatic N) is 2. The zero-order valence-electron chi connectivity index (χ0n) is 19.4. The second kappa shape index (κ2) is 10.2. The molecule has 0 saturated carbocycles. The first-order valence-corrected chi connectivity index (χ1v) is 12.7.